The van der Waals surface area contributed by atoms with Crippen molar-refractivity contribution in [1.82, 2.24) is 0 Å². The van der Waals surface area contributed by atoms with Crippen LogP contribution in [0.2, 0.25) is 0 Å². The Morgan fingerprint density at radius 2 is 1.68 bits per heavy atom. The Kier molecular flexibility index (Phi) is 4.48. The van der Waals surface area contributed by atoms with E-state index in [9.17, 15) is 5.11 Å². The highest BCUT2D eigenvalue weighted by atomic mass is 16.3. The lowest BCUT2D eigenvalue weighted by Crippen LogP contribution is -2.53. The van der Waals surface area contributed by atoms with E-state index in [2.05, 4.69) is 36.9 Å². The smallest absolute Gasteiger partial charge is 0.0612 e. The van der Waals surface area contributed by atoms with Crippen LogP contribution in [0.4, 0.5) is 5.69 Å². The van der Waals surface area contributed by atoms with E-state index in [-0.39, 0.29) is 12.1 Å². The number of rotatable bonds is 4. The molecule has 0 radical (unpaired) electrons. The van der Waals surface area contributed by atoms with Crippen LogP contribution in [-0.2, 0) is 12.8 Å². The normalized spacial score (nSPS) is 18.6. The van der Waals surface area contributed by atoms with E-state index < -0.39 is 0 Å². The summed E-state index contributed by atoms with van der Waals surface area (Å²) in [5.74, 6) is 0. The minimum absolute atomic E-state index is 0.0941. The number of anilines is 1. The summed E-state index contributed by atoms with van der Waals surface area (Å²) in [7, 11) is 0. The maximum Gasteiger partial charge on any atom is 0.0612 e. The number of piperidine rings is 1. The minimum Gasteiger partial charge on any atom is -0.394 e. The third-order valence-corrected chi connectivity index (χ3v) is 4.36. The van der Waals surface area contributed by atoms with Gasteiger partial charge in [-0.15, -0.1) is 0 Å². The van der Waals surface area contributed by atoms with Gasteiger partial charge in [-0.25, -0.2) is 0 Å². The summed E-state index contributed by atoms with van der Waals surface area (Å²) in [6.45, 7) is 6.41. The summed E-state index contributed by atoms with van der Waals surface area (Å²) in [5.41, 5.74) is 10.0. The molecule has 0 saturated carbocycles. The van der Waals surface area contributed by atoms with Crippen LogP contribution in [0.25, 0.3) is 0 Å². The first-order chi connectivity index (χ1) is 9.13. The number of benzene rings is 1. The topological polar surface area (TPSA) is 49.5 Å². The molecule has 1 aromatic carbocycles. The van der Waals surface area contributed by atoms with Crippen molar-refractivity contribution >= 4 is 5.69 Å². The Labute approximate surface area is 116 Å². The molecule has 0 amide bonds. The molecule has 1 fully saturated rings. The van der Waals surface area contributed by atoms with Gasteiger partial charge in [-0.05, 0) is 36.8 Å². The van der Waals surface area contributed by atoms with Crippen molar-refractivity contribution < 1.29 is 5.11 Å². The number of nitrogens with zero attached hydrogens (tertiary/aromatic N) is 1. The number of hydrogen-bond acceptors (Lipinski definition) is 3. The van der Waals surface area contributed by atoms with Gasteiger partial charge < -0.3 is 15.7 Å². The molecule has 0 aliphatic carbocycles. The summed E-state index contributed by atoms with van der Waals surface area (Å²) in [5, 5.41) is 9.37. The van der Waals surface area contributed by atoms with Crippen LogP contribution in [0.3, 0.4) is 0 Å². The van der Waals surface area contributed by atoms with Crippen LogP contribution in [0.1, 0.15) is 37.8 Å². The summed E-state index contributed by atoms with van der Waals surface area (Å²) < 4.78 is 0. The molecule has 1 aliphatic rings. The van der Waals surface area contributed by atoms with Crippen molar-refractivity contribution in [2.75, 3.05) is 24.6 Å². The van der Waals surface area contributed by atoms with Crippen molar-refractivity contribution in [3.8, 4) is 0 Å². The van der Waals surface area contributed by atoms with Crippen molar-refractivity contribution in [2.24, 2.45) is 5.73 Å². The average Bonchev–Trinajstić information content (AvgIpc) is 2.47. The summed E-state index contributed by atoms with van der Waals surface area (Å²) >= 11 is 0. The highest BCUT2D eigenvalue weighted by molar-refractivity contribution is 5.60. The quantitative estimate of drug-likeness (QED) is 0.873. The van der Waals surface area contributed by atoms with E-state index in [1.807, 2.05) is 0 Å². The third kappa shape index (κ3) is 2.93. The fourth-order valence-corrected chi connectivity index (χ4v) is 2.96. The first kappa shape index (κ1) is 14.4. The molecule has 3 nitrogen and oxygen atoms in total. The average molecular weight is 262 g/mol. The Bertz CT molecular complexity index is 401. The zero-order valence-electron chi connectivity index (χ0n) is 12.2. The van der Waals surface area contributed by atoms with Gasteiger partial charge in [-0.2, -0.15) is 0 Å². The van der Waals surface area contributed by atoms with E-state index in [0.29, 0.717) is 0 Å². The molecule has 3 N–H and O–H groups in total. The van der Waals surface area contributed by atoms with Gasteiger partial charge in [-0.1, -0.05) is 32.0 Å². The van der Waals surface area contributed by atoms with Crippen LogP contribution in [-0.4, -0.2) is 30.3 Å². The predicted molar refractivity (Wildman–Crippen MR) is 80.6 cm³/mol. The second-order valence-corrected chi connectivity index (χ2v) is 5.64. The van der Waals surface area contributed by atoms with Crippen molar-refractivity contribution in [2.45, 2.75) is 45.1 Å². The summed E-state index contributed by atoms with van der Waals surface area (Å²) in [4.78, 5) is 2.46. The number of aliphatic hydroxyl groups is 1. The highest BCUT2D eigenvalue weighted by Crippen LogP contribution is 2.31. The maximum atomic E-state index is 9.37. The molecule has 19 heavy (non-hydrogen) atoms. The van der Waals surface area contributed by atoms with E-state index in [0.717, 1.165) is 38.8 Å². The van der Waals surface area contributed by atoms with E-state index in [1.165, 1.54) is 16.8 Å². The van der Waals surface area contributed by atoms with Crippen LogP contribution in [0, 0.1) is 0 Å². The molecule has 0 spiro atoms. The predicted octanol–water partition coefficient (Wildman–Crippen LogP) is 2.10. The van der Waals surface area contributed by atoms with Gasteiger partial charge in [0, 0.05) is 24.3 Å². The Morgan fingerprint density at radius 1 is 1.16 bits per heavy atom. The number of aliphatic hydroxyl groups excluding tert-OH is 1. The number of nitrogens with two attached hydrogens (primary N) is 1. The molecule has 2 rings (SSSR count). The summed E-state index contributed by atoms with van der Waals surface area (Å²) in [6, 6.07) is 6.61. The molecular formula is C16H26N2O. The molecular weight excluding hydrogens is 236 g/mol. The maximum absolute atomic E-state index is 9.37. The lowest BCUT2D eigenvalue weighted by molar-refractivity contribution is 0.170. The zero-order chi connectivity index (χ0) is 13.9. The third-order valence-electron chi connectivity index (χ3n) is 4.36. The number of hydrogen-bond donors (Lipinski definition) is 2. The fourth-order valence-electron chi connectivity index (χ4n) is 2.96. The van der Waals surface area contributed by atoms with Crippen LogP contribution in [0.15, 0.2) is 18.2 Å². The molecule has 0 aromatic heterocycles. The lowest BCUT2D eigenvalue weighted by Gasteiger charge is -2.40. The Balaban J connectivity index is 2.23. The Hall–Kier alpha value is -1.06. The van der Waals surface area contributed by atoms with Crippen LogP contribution >= 0.6 is 0 Å². The molecule has 1 heterocycles. The van der Waals surface area contributed by atoms with Crippen LogP contribution in [0.5, 0.6) is 0 Å². The molecule has 0 bridgehead atoms. The van der Waals surface area contributed by atoms with E-state index in [4.69, 9.17) is 5.73 Å². The van der Waals surface area contributed by atoms with Gasteiger partial charge in [0.15, 0.2) is 0 Å². The van der Waals surface area contributed by atoms with Gasteiger partial charge in [-0.3, -0.25) is 0 Å². The van der Waals surface area contributed by atoms with Gasteiger partial charge in [0.25, 0.3) is 0 Å². The van der Waals surface area contributed by atoms with Crippen molar-refractivity contribution in [3.63, 3.8) is 0 Å². The molecule has 3 heteroatoms. The number of aryl methyl sites for hydroxylation is 2. The standard InChI is InChI=1S/C16H26N2O/c1-3-13-6-5-7-14(4-2)15(13)18-10-8-16(17,12-19)9-11-18/h5-7,19H,3-4,8-12,17H2,1-2H3. The first-order valence-electron chi connectivity index (χ1n) is 7.39. The highest BCUT2D eigenvalue weighted by Gasteiger charge is 2.31. The molecule has 106 valence electrons. The zero-order valence-corrected chi connectivity index (χ0v) is 12.2. The Morgan fingerprint density at radius 3 is 2.11 bits per heavy atom. The molecule has 1 saturated heterocycles. The van der Waals surface area contributed by atoms with Crippen molar-refractivity contribution in [3.05, 3.63) is 29.3 Å². The first-order valence-corrected chi connectivity index (χ1v) is 7.39. The van der Waals surface area contributed by atoms with Gasteiger partial charge in [0.1, 0.15) is 0 Å². The van der Waals surface area contributed by atoms with E-state index in [1.54, 1.807) is 0 Å². The second-order valence-electron chi connectivity index (χ2n) is 5.64. The largest absolute Gasteiger partial charge is 0.394 e. The van der Waals surface area contributed by atoms with E-state index >= 15 is 0 Å². The SMILES string of the molecule is CCc1cccc(CC)c1N1CCC(N)(CO)CC1. The van der Waals surface area contributed by atoms with Crippen molar-refractivity contribution in [1.29, 1.82) is 0 Å². The minimum atomic E-state index is -0.371. The fraction of sp³-hybridized carbons (Fsp3) is 0.625. The van der Waals surface area contributed by atoms with Crippen LogP contribution < -0.4 is 10.6 Å². The molecule has 0 unspecified atom stereocenters. The van der Waals surface area contributed by atoms with Gasteiger partial charge in [0.05, 0.1) is 6.61 Å². The second kappa shape index (κ2) is 5.93. The van der Waals surface area contributed by atoms with Gasteiger partial charge in [0.2, 0.25) is 0 Å². The number of para-hydroxylation sites is 1. The monoisotopic (exact) mass is 262 g/mol. The molecule has 1 aliphatic heterocycles. The lowest BCUT2D eigenvalue weighted by atomic mass is 9.88. The van der Waals surface area contributed by atoms with Gasteiger partial charge >= 0.3 is 0 Å². The summed E-state index contributed by atoms with van der Waals surface area (Å²) in [6.07, 6.45) is 3.86. The molecule has 0 atom stereocenters. The molecule has 1 aromatic rings.